The van der Waals surface area contributed by atoms with Crippen LogP contribution in [0.25, 0.3) is 0 Å². The van der Waals surface area contributed by atoms with Crippen molar-refractivity contribution in [3.05, 3.63) is 29.3 Å². The monoisotopic (exact) mass is 276 g/mol. The highest BCUT2D eigenvalue weighted by Crippen LogP contribution is 2.37. The van der Waals surface area contributed by atoms with Gasteiger partial charge in [-0.2, -0.15) is 0 Å². The molecule has 2 rings (SSSR count). The Labute approximate surface area is 123 Å². The van der Waals surface area contributed by atoms with E-state index in [9.17, 15) is 5.11 Å². The number of aromatic hydroxyl groups is 1. The molecule has 0 heterocycles. The van der Waals surface area contributed by atoms with Crippen LogP contribution in [-0.4, -0.2) is 48.6 Å². The van der Waals surface area contributed by atoms with Crippen molar-refractivity contribution in [2.24, 2.45) is 0 Å². The quantitative estimate of drug-likeness (QED) is 0.865. The summed E-state index contributed by atoms with van der Waals surface area (Å²) in [4.78, 5) is 4.81. The van der Waals surface area contributed by atoms with E-state index in [0.29, 0.717) is 11.8 Å². The molecule has 1 aromatic rings. The van der Waals surface area contributed by atoms with Crippen molar-refractivity contribution in [3.63, 3.8) is 0 Å². The summed E-state index contributed by atoms with van der Waals surface area (Å²) in [5, 5.41) is 10.1. The lowest BCUT2D eigenvalue weighted by molar-refractivity contribution is 0.178. The van der Waals surface area contributed by atoms with Gasteiger partial charge in [-0.1, -0.05) is 19.1 Å². The SMILES string of the molecule is CCN(CCCN(C)C)C1CCCc2c(O)cccc21. The van der Waals surface area contributed by atoms with Gasteiger partial charge in [-0.3, -0.25) is 4.90 Å². The Balaban J connectivity index is 2.10. The number of phenolic OH excluding ortho intramolecular Hbond substituents is 1. The Morgan fingerprint density at radius 1 is 1.25 bits per heavy atom. The van der Waals surface area contributed by atoms with Gasteiger partial charge in [0.2, 0.25) is 0 Å². The average molecular weight is 276 g/mol. The van der Waals surface area contributed by atoms with Gasteiger partial charge in [-0.05, 0) is 76.6 Å². The molecule has 0 saturated heterocycles. The number of rotatable bonds is 6. The predicted octanol–water partition coefficient (Wildman–Crippen LogP) is 3.04. The zero-order chi connectivity index (χ0) is 14.5. The molecular weight excluding hydrogens is 248 g/mol. The number of phenols is 1. The second-order valence-corrected chi connectivity index (χ2v) is 6.04. The lowest BCUT2D eigenvalue weighted by Gasteiger charge is -2.35. The van der Waals surface area contributed by atoms with Gasteiger partial charge in [0, 0.05) is 6.04 Å². The van der Waals surface area contributed by atoms with Crippen LogP contribution >= 0.6 is 0 Å². The average Bonchev–Trinajstić information content (AvgIpc) is 2.44. The second-order valence-electron chi connectivity index (χ2n) is 6.04. The van der Waals surface area contributed by atoms with Gasteiger partial charge >= 0.3 is 0 Å². The van der Waals surface area contributed by atoms with Crippen molar-refractivity contribution in [2.45, 2.75) is 38.6 Å². The van der Waals surface area contributed by atoms with E-state index < -0.39 is 0 Å². The molecule has 0 spiro atoms. The summed E-state index contributed by atoms with van der Waals surface area (Å²) < 4.78 is 0. The predicted molar refractivity (Wildman–Crippen MR) is 84.2 cm³/mol. The van der Waals surface area contributed by atoms with Crippen molar-refractivity contribution in [2.75, 3.05) is 33.7 Å². The molecule has 0 amide bonds. The molecule has 20 heavy (non-hydrogen) atoms. The summed E-state index contributed by atoms with van der Waals surface area (Å²) in [6, 6.07) is 6.50. The largest absolute Gasteiger partial charge is 0.508 e. The minimum atomic E-state index is 0.483. The first kappa shape index (κ1) is 15.3. The van der Waals surface area contributed by atoms with Crippen molar-refractivity contribution in [3.8, 4) is 5.75 Å². The Morgan fingerprint density at radius 3 is 2.75 bits per heavy atom. The number of benzene rings is 1. The van der Waals surface area contributed by atoms with Crippen LogP contribution in [0.3, 0.4) is 0 Å². The fourth-order valence-electron chi connectivity index (χ4n) is 3.31. The Morgan fingerprint density at radius 2 is 2.05 bits per heavy atom. The van der Waals surface area contributed by atoms with Crippen LogP contribution < -0.4 is 0 Å². The summed E-state index contributed by atoms with van der Waals surface area (Å²) in [6.07, 6.45) is 4.62. The summed E-state index contributed by atoms with van der Waals surface area (Å²) >= 11 is 0. The third-order valence-corrected chi connectivity index (χ3v) is 4.35. The van der Waals surface area contributed by atoms with Gasteiger partial charge in [0.1, 0.15) is 5.75 Å². The number of fused-ring (bicyclic) bond motifs is 1. The molecule has 1 N–H and O–H groups in total. The van der Waals surface area contributed by atoms with E-state index in [0.717, 1.165) is 26.1 Å². The highest BCUT2D eigenvalue weighted by atomic mass is 16.3. The topological polar surface area (TPSA) is 26.7 Å². The van der Waals surface area contributed by atoms with Crippen LogP contribution in [0.1, 0.15) is 43.4 Å². The molecule has 1 atom stereocenters. The molecule has 0 fully saturated rings. The molecule has 0 aliphatic heterocycles. The second kappa shape index (κ2) is 7.09. The van der Waals surface area contributed by atoms with Crippen LogP contribution in [0.2, 0.25) is 0 Å². The van der Waals surface area contributed by atoms with E-state index in [-0.39, 0.29) is 0 Å². The van der Waals surface area contributed by atoms with Gasteiger partial charge in [0.25, 0.3) is 0 Å². The van der Waals surface area contributed by atoms with Crippen molar-refractivity contribution < 1.29 is 5.11 Å². The van der Waals surface area contributed by atoms with Gasteiger partial charge in [0.05, 0.1) is 0 Å². The summed E-state index contributed by atoms with van der Waals surface area (Å²) in [5.74, 6) is 0.483. The molecule has 1 aromatic carbocycles. The third kappa shape index (κ3) is 3.53. The first-order chi connectivity index (χ1) is 9.63. The van der Waals surface area contributed by atoms with Crippen LogP contribution in [0, 0.1) is 0 Å². The summed E-state index contributed by atoms with van der Waals surface area (Å²) in [7, 11) is 4.26. The van der Waals surface area contributed by atoms with Gasteiger partial charge < -0.3 is 10.0 Å². The Bertz CT molecular complexity index is 431. The molecule has 1 aliphatic rings. The van der Waals surface area contributed by atoms with E-state index in [1.54, 1.807) is 0 Å². The molecule has 1 aliphatic carbocycles. The standard InChI is InChI=1S/C17H28N2O/c1-4-19(13-7-12-18(2)3)16-10-5-9-15-14(16)8-6-11-17(15)20/h6,8,11,16,20H,4-5,7,9-10,12-13H2,1-3H3. The van der Waals surface area contributed by atoms with E-state index in [4.69, 9.17) is 0 Å². The Kier molecular flexibility index (Phi) is 5.44. The minimum absolute atomic E-state index is 0.483. The molecule has 112 valence electrons. The maximum atomic E-state index is 10.1. The number of hydrogen-bond acceptors (Lipinski definition) is 3. The molecule has 0 aromatic heterocycles. The number of hydrogen-bond donors (Lipinski definition) is 1. The van der Waals surface area contributed by atoms with E-state index in [1.807, 2.05) is 12.1 Å². The zero-order valence-electron chi connectivity index (χ0n) is 13.1. The van der Waals surface area contributed by atoms with Crippen LogP contribution in [0.4, 0.5) is 0 Å². The fraction of sp³-hybridized carbons (Fsp3) is 0.647. The Hall–Kier alpha value is -1.06. The highest BCUT2D eigenvalue weighted by Gasteiger charge is 2.26. The lowest BCUT2D eigenvalue weighted by Crippen LogP contribution is -2.33. The summed E-state index contributed by atoms with van der Waals surface area (Å²) in [5.41, 5.74) is 2.53. The maximum Gasteiger partial charge on any atom is 0.119 e. The fourth-order valence-corrected chi connectivity index (χ4v) is 3.31. The van der Waals surface area contributed by atoms with Crippen LogP contribution in [0.15, 0.2) is 18.2 Å². The lowest BCUT2D eigenvalue weighted by atomic mass is 9.86. The van der Waals surface area contributed by atoms with Crippen LogP contribution in [0.5, 0.6) is 5.75 Å². The molecule has 0 saturated carbocycles. The first-order valence-corrected chi connectivity index (χ1v) is 7.83. The van der Waals surface area contributed by atoms with Crippen LogP contribution in [-0.2, 0) is 6.42 Å². The normalized spacial score (nSPS) is 18.6. The molecule has 0 radical (unpaired) electrons. The molecule has 0 bridgehead atoms. The van der Waals surface area contributed by atoms with Gasteiger partial charge in [-0.15, -0.1) is 0 Å². The third-order valence-electron chi connectivity index (χ3n) is 4.35. The maximum absolute atomic E-state index is 10.1. The molecule has 1 unspecified atom stereocenters. The number of nitrogens with zero attached hydrogens (tertiary/aromatic N) is 2. The van der Waals surface area contributed by atoms with Gasteiger partial charge in [-0.25, -0.2) is 0 Å². The van der Waals surface area contributed by atoms with E-state index in [1.165, 1.54) is 30.4 Å². The van der Waals surface area contributed by atoms with Crippen molar-refractivity contribution in [1.82, 2.24) is 9.80 Å². The molecule has 3 heteroatoms. The summed E-state index contributed by atoms with van der Waals surface area (Å²) in [6.45, 7) is 5.59. The zero-order valence-corrected chi connectivity index (χ0v) is 13.1. The van der Waals surface area contributed by atoms with Gasteiger partial charge in [0.15, 0.2) is 0 Å². The minimum Gasteiger partial charge on any atom is -0.508 e. The smallest absolute Gasteiger partial charge is 0.119 e. The van der Waals surface area contributed by atoms with E-state index in [2.05, 4.69) is 36.9 Å². The molecular formula is C17H28N2O. The molecule has 3 nitrogen and oxygen atoms in total. The highest BCUT2D eigenvalue weighted by molar-refractivity contribution is 5.42. The van der Waals surface area contributed by atoms with Crippen molar-refractivity contribution >= 4 is 0 Å². The van der Waals surface area contributed by atoms with Crippen molar-refractivity contribution in [1.29, 1.82) is 0 Å². The first-order valence-electron chi connectivity index (χ1n) is 7.83. The van der Waals surface area contributed by atoms with E-state index >= 15 is 0 Å².